The van der Waals surface area contributed by atoms with Crippen LogP contribution in [0, 0.1) is 0 Å². The van der Waals surface area contributed by atoms with E-state index in [1.54, 1.807) is 319 Å². The average molecular weight is 849 g/mol. The van der Waals surface area contributed by atoms with Crippen molar-refractivity contribution in [3.8, 4) is 0 Å². The van der Waals surface area contributed by atoms with E-state index in [0.717, 1.165) is 0 Å². The third-order valence-corrected chi connectivity index (χ3v) is 25.3. The zero-order chi connectivity index (χ0) is 41.2. The molecule has 0 nitrogen and oxygen atoms in total. The third kappa shape index (κ3) is 1.36. The second-order valence-corrected chi connectivity index (χ2v) is 25.6. The van der Waals surface area contributed by atoms with Crippen LogP contribution in [0.5, 0.6) is 0 Å². The Labute approximate surface area is 381 Å². The molecule has 0 atom stereocenters. The Kier molecular flexibility index (Phi) is 2.12. The van der Waals surface area contributed by atoms with Gasteiger partial charge in [0, 0.05) is 5.92 Å². The molecular weight excluding hydrogens is 841 g/mol. The number of rotatable bonds is 1. The number of benzene rings is 20. The van der Waals surface area contributed by atoms with Crippen molar-refractivity contribution in [1.82, 2.24) is 0 Å². The van der Waals surface area contributed by atoms with Crippen LogP contribution in [0.1, 0.15) is 33.7 Å². The molecule has 0 fully saturated rings. The van der Waals surface area contributed by atoms with Crippen LogP contribution in [0.4, 0.5) is 0 Å². The van der Waals surface area contributed by atoms with E-state index in [4.69, 9.17) is 0 Å². The predicted octanol–water partition coefficient (Wildman–Crippen LogP) is 19.3. The maximum Gasteiger partial charge on any atom is 0.0586 e. The van der Waals surface area contributed by atoms with Crippen molar-refractivity contribution in [3.05, 3.63) is 70.3 Å². The standard InChI is InChI=1S/C70H8/c1-2-4-9-7-10(6-5-8(9)3-1)70-67-63-57-43-35-27-15-12-11-13-16(15)28-30-26-20(13)22-18-14(11)17-21-19(12)25-29(27)41(43)49-47-33(25)31(21)39-37-23(17)24(18)38-40-32(22)34(26)48-50-42(30)44(36(28)35)58(57)64(67)60(50)62-54(48)52(40)56-46(38)45(37)55-51(39)53(47)61(59(49)63)68(70)65(55)66(56)69(62)70/h1-7,67H. The van der Waals surface area contributed by atoms with E-state index in [0.29, 0.717) is 0 Å². The molecule has 0 radical (unpaired) electrons. The summed E-state index contributed by atoms with van der Waals surface area (Å²) in [6.45, 7) is 0. The summed E-state index contributed by atoms with van der Waals surface area (Å²) in [6.07, 6.45) is 0. The quantitative estimate of drug-likeness (QED) is 0.144. The van der Waals surface area contributed by atoms with Crippen molar-refractivity contribution in [2.45, 2.75) is 11.3 Å². The molecule has 30 aromatic rings. The van der Waals surface area contributed by atoms with Crippen molar-refractivity contribution in [3.63, 3.8) is 0 Å². The third-order valence-electron chi connectivity index (χ3n) is 25.3. The lowest BCUT2D eigenvalue weighted by atomic mass is 9.54. The summed E-state index contributed by atoms with van der Waals surface area (Å²) >= 11 is 0. The van der Waals surface area contributed by atoms with Crippen LogP contribution in [0.2, 0.25) is 0 Å². The van der Waals surface area contributed by atoms with Gasteiger partial charge in [-0.25, -0.2) is 0 Å². The topological polar surface area (TPSA) is 0 Å². The second-order valence-electron chi connectivity index (χ2n) is 25.6. The lowest BCUT2D eigenvalue weighted by molar-refractivity contribution is 0.568. The van der Waals surface area contributed by atoms with E-state index in [1.807, 2.05) is 0 Å². The Balaban J connectivity index is 1.18. The smallest absolute Gasteiger partial charge is 0.0586 e. The molecule has 0 spiro atoms. The molecule has 0 amide bonds. The first kappa shape index (κ1) is 25.5. The first-order valence-corrected chi connectivity index (χ1v) is 26.2. The van der Waals surface area contributed by atoms with Crippen LogP contribution in [-0.2, 0) is 5.41 Å². The van der Waals surface area contributed by atoms with Gasteiger partial charge in [-0.2, -0.15) is 0 Å². The zero-order valence-corrected chi connectivity index (χ0v) is 35.6. The normalized spacial score (nSPS) is 20.8. The summed E-state index contributed by atoms with van der Waals surface area (Å²) in [5.41, 5.74) is 8.12. The van der Waals surface area contributed by atoms with Crippen molar-refractivity contribution < 1.29 is 0 Å². The first-order chi connectivity index (χ1) is 34.9. The molecular formula is C70H8. The van der Waals surface area contributed by atoms with Gasteiger partial charge < -0.3 is 0 Å². The van der Waals surface area contributed by atoms with Gasteiger partial charge in [-0.15, -0.1) is 0 Å². The fourth-order valence-corrected chi connectivity index (χ4v) is 25.1. The van der Waals surface area contributed by atoms with Gasteiger partial charge in [-0.05, 0) is 336 Å². The highest BCUT2D eigenvalue weighted by molar-refractivity contribution is 6.82. The van der Waals surface area contributed by atoms with Crippen LogP contribution >= 0.6 is 0 Å². The Morgan fingerprint density at radius 2 is 0.414 bits per heavy atom. The Morgan fingerprint density at radius 3 is 0.700 bits per heavy atom. The fraction of sp³-hybridized carbons (Fsp3) is 0.0286. The molecule has 0 unspecified atom stereocenters. The maximum atomic E-state index is 2.72. The monoisotopic (exact) mass is 848 g/mol. The first-order valence-electron chi connectivity index (χ1n) is 26.2. The largest absolute Gasteiger partial charge is 0.0616 e. The van der Waals surface area contributed by atoms with Gasteiger partial charge >= 0.3 is 0 Å². The van der Waals surface area contributed by atoms with E-state index in [9.17, 15) is 0 Å². The van der Waals surface area contributed by atoms with Gasteiger partial charge in [-0.3, -0.25) is 0 Å². The highest BCUT2D eigenvalue weighted by Gasteiger charge is 2.63. The second kappa shape index (κ2) is 5.82. The van der Waals surface area contributed by atoms with Crippen LogP contribution in [0.15, 0.2) is 42.5 Å². The van der Waals surface area contributed by atoms with E-state index < -0.39 is 0 Å². The summed E-state index contributed by atoms with van der Waals surface area (Å²) in [4.78, 5) is 0. The Bertz CT molecular complexity index is 7360. The maximum absolute atomic E-state index is 2.72. The number of fused-ring (bicyclic) bond motifs is 1. The lowest BCUT2D eigenvalue weighted by Crippen LogP contribution is -2.38. The molecule has 4 aliphatic rings. The van der Waals surface area contributed by atoms with Crippen molar-refractivity contribution in [1.29, 1.82) is 0 Å². The van der Waals surface area contributed by atoms with Gasteiger partial charge in [0.2, 0.25) is 0 Å². The number of hydrogen-bond donors (Lipinski definition) is 0. The van der Waals surface area contributed by atoms with Gasteiger partial charge in [0.15, 0.2) is 0 Å². The van der Waals surface area contributed by atoms with E-state index in [-0.39, 0.29) is 11.3 Å². The summed E-state index contributed by atoms with van der Waals surface area (Å²) in [5, 5.41) is 92.7. The molecule has 0 bridgehead atoms. The molecule has 0 heteroatoms. The number of hydrogen-bond acceptors (Lipinski definition) is 0. The Morgan fingerprint density at radius 1 is 0.200 bits per heavy atom. The van der Waals surface area contributed by atoms with Gasteiger partial charge in [0.05, 0.1) is 5.41 Å². The predicted molar refractivity (Wildman–Crippen MR) is 298 cm³/mol. The van der Waals surface area contributed by atoms with Crippen molar-refractivity contribution in [2.75, 3.05) is 0 Å². The highest BCUT2D eigenvalue weighted by Crippen LogP contribution is 2.84. The zero-order valence-electron chi connectivity index (χ0n) is 35.6. The molecule has 70 heavy (non-hydrogen) atoms. The summed E-state index contributed by atoms with van der Waals surface area (Å²) < 4.78 is 0. The lowest BCUT2D eigenvalue weighted by Gasteiger charge is -2.46. The van der Waals surface area contributed by atoms with Gasteiger partial charge in [0.25, 0.3) is 0 Å². The fourth-order valence-electron chi connectivity index (χ4n) is 25.1. The molecule has 0 aliphatic heterocycles. The van der Waals surface area contributed by atoms with Crippen molar-refractivity contribution in [2.24, 2.45) is 0 Å². The molecule has 0 N–H and O–H groups in total. The van der Waals surface area contributed by atoms with E-state index in [1.165, 1.54) is 10.8 Å². The Hall–Kier alpha value is -8.84. The molecule has 288 valence electrons. The molecule has 0 saturated carbocycles. The van der Waals surface area contributed by atoms with Gasteiger partial charge in [-0.1, -0.05) is 36.4 Å². The molecule has 0 saturated heterocycles. The van der Waals surface area contributed by atoms with Crippen LogP contribution in [0.3, 0.4) is 0 Å². The summed E-state index contributed by atoms with van der Waals surface area (Å²) in [7, 11) is 0. The molecule has 0 heterocycles. The molecule has 34 rings (SSSR count). The minimum atomic E-state index is -0.352. The minimum absolute atomic E-state index is 0.222. The van der Waals surface area contributed by atoms with Crippen molar-refractivity contribution >= 4 is 302 Å². The van der Waals surface area contributed by atoms with Crippen LogP contribution < -0.4 is 0 Å². The summed E-state index contributed by atoms with van der Waals surface area (Å²) in [5.74, 6) is 0.222. The molecule has 30 aromatic carbocycles. The molecule has 4 aliphatic carbocycles. The van der Waals surface area contributed by atoms with Crippen LogP contribution in [-0.4, -0.2) is 0 Å². The van der Waals surface area contributed by atoms with E-state index >= 15 is 0 Å². The van der Waals surface area contributed by atoms with Crippen LogP contribution in [0.25, 0.3) is 302 Å². The average Bonchev–Trinajstić information content (AvgIpc) is 4.34. The minimum Gasteiger partial charge on any atom is -0.0616 e. The highest BCUT2D eigenvalue weighted by atomic mass is 14.6. The molecule has 0 aromatic heterocycles. The SMILES string of the molecule is c1ccc2cc(C34c5c6c7c8c9c%10c(c%11c%12c3c3c5c5c%13c6c6c7c7c9c9c%14c%10c%10c%11c%11c%12c%12c3c3c5c5c%13c%13c6c6c7c9c7c9c%14c%10c%10c%11c%11c%12c3c3c5c5c%13c6c7c6c9c%10c%11c3c56)C84)ccc2c1. The summed E-state index contributed by atoms with van der Waals surface area (Å²) in [6, 6.07) is 17.2. The van der Waals surface area contributed by atoms with E-state index in [2.05, 4.69) is 42.5 Å². The van der Waals surface area contributed by atoms with Gasteiger partial charge in [0.1, 0.15) is 0 Å².